The lowest BCUT2D eigenvalue weighted by atomic mass is 10.0. The molecule has 5 atom stereocenters. The topological polar surface area (TPSA) is 190 Å². The number of carbonyl (C=O) groups is 5. The number of methoxy groups -OCH3 is 1. The lowest BCUT2D eigenvalue weighted by molar-refractivity contribution is -0.141. The van der Waals surface area contributed by atoms with Gasteiger partial charge in [-0.05, 0) is 81.8 Å². The smallest absolute Gasteiger partial charge is 0.410 e. The van der Waals surface area contributed by atoms with Crippen LogP contribution in [0.1, 0.15) is 76.8 Å². The number of benzene rings is 2. The second-order valence-corrected chi connectivity index (χ2v) is 17.2. The number of nitrogens with one attached hydrogen (secondary N) is 3. The molecule has 2 aromatic carbocycles. The van der Waals surface area contributed by atoms with E-state index in [9.17, 15) is 32.4 Å². The van der Waals surface area contributed by atoms with Crippen LogP contribution in [-0.4, -0.2) is 91.1 Å². The molecular formula is C39H49N5O10S. The van der Waals surface area contributed by atoms with Crippen LogP contribution in [0.15, 0.2) is 65.6 Å². The fourth-order valence-electron chi connectivity index (χ4n) is 7.32. The molecule has 1 saturated heterocycles. The molecule has 0 bridgehead atoms. The Kier molecular flexibility index (Phi) is 11.5. The number of fused-ring (bicyclic) bond motifs is 3. The molecular weight excluding hydrogens is 731 g/mol. The number of rotatable bonds is 6. The van der Waals surface area contributed by atoms with Gasteiger partial charge in [0.15, 0.2) is 0 Å². The molecule has 16 heteroatoms. The maximum absolute atomic E-state index is 14.4. The van der Waals surface area contributed by atoms with Gasteiger partial charge < -0.3 is 29.7 Å². The van der Waals surface area contributed by atoms with Crippen molar-refractivity contribution in [2.75, 3.05) is 13.7 Å². The third-order valence-electron chi connectivity index (χ3n) is 10.3. The summed E-state index contributed by atoms with van der Waals surface area (Å²) in [5.74, 6) is -2.31. The summed E-state index contributed by atoms with van der Waals surface area (Å²) in [6.07, 6.45) is 4.41. The molecule has 2 aromatic rings. The van der Waals surface area contributed by atoms with E-state index in [0.717, 1.165) is 24.0 Å². The van der Waals surface area contributed by atoms with E-state index in [0.29, 0.717) is 31.7 Å². The van der Waals surface area contributed by atoms with E-state index >= 15 is 0 Å². The molecule has 3 N–H and O–H groups in total. The largest absolute Gasteiger partial charge is 0.497 e. The zero-order valence-corrected chi connectivity index (χ0v) is 32.4. The second-order valence-electron chi connectivity index (χ2n) is 15.5. The SMILES string of the molecule is COc1ccc(S(=O)(=O)NC(=O)C23CC2C=CCCCCCC(NC(=O)OC(C)(C)C)C(=O)N2CC(OC(=O)N4Cc5ccccc5C4)CC2C(=O)N3)cc1. The Morgan fingerprint density at radius 1 is 0.964 bits per heavy atom. The van der Waals surface area contributed by atoms with Crippen molar-refractivity contribution in [1.29, 1.82) is 0 Å². The average Bonchev–Trinajstić information content (AvgIpc) is 3.42. The highest BCUT2D eigenvalue weighted by molar-refractivity contribution is 7.90. The number of hydrogen-bond acceptors (Lipinski definition) is 10. The van der Waals surface area contributed by atoms with Crippen molar-refractivity contribution in [3.8, 4) is 5.75 Å². The van der Waals surface area contributed by atoms with Crippen LogP contribution in [0.2, 0.25) is 0 Å². The molecule has 55 heavy (non-hydrogen) atoms. The minimum atomic E-state index is -4.35. The monoisotopic (exact) mass is 779 g/mol. The average molecular weight is 780 g/mol. The van der Waals surface area contributed by atoms with Gasteiger partial charge in [0.25, 0.3) is 15.9 Å². The Balaban J connectivity index is 1.26. The number of alkyl carbamates (subject to hydrolysis) is 1. The first-order chi connectivity index (χ1) is 26.1. The first-order valence-electron chi connectivity index (χ1n) is 18.6. The first-order valence-corrected chi connectivity index (χ1v) is 20.1. The highest BCUT2D eigenvalue weighted by Gasteiger charge is 2.61. The highest BCUT2D eigenvalue weighted by Crippen LogP contribution is 2.46. The van der Waals surface area contributed by atoms with Crippen molar-refractivity contribution in [2.45, 2.75) is 113 Å². The Hall–Kier alpha value is -5.12. The summed E-state index contributed by atoms with van der Waals surface area (Å²) < 4.78 is 45.3. The van der Waals surface area contributed by atoms with Gasteiger partial charge in [0.2, 0.25) is 11.8 Å². The number of sulfonamides is 1. The molecule has 2 fully saturated rings. The lowest BCUT2D eigenvalue weighted by Gasteiger charge is -2.30. The zero-order valence-electron chi connectivity index (χ0n) is 31.5. The molecule has 0 radical (unpaired) electrons. The highest BCUT2D eigenvalue weighted by atomic mass is 32.2. The fraction of sp³-hybridized carbons (Fsp3) is 0.513. The second kappa shape index (κ2) is 15.9. The van der Waals surface area contributed by atoms with Crippen molar-refractivity contribution >= 4 is 39.9 Å². The molecule has 0 aromatic heterocycles. The number of carbonyl (C=O) groups excluding carboxylic acids is 5. The first kappa shape index (κ1) is 39.6. The van der Waals surface area contributed by atoms with Crippen LogP contribution in [0.4, 0.5) is 9.59 Å². The Bertz CT molecular complexity index is 1920. The van der Waals surface area contributed by atoms with Crippen molar-refractivity contribution in [2.24, 2.45) is 5.92 Å². The number of ether oxygens (including phenoxy) is 3. The summed E-state index contributed by atoms with van der Waals surface area (Å²) in [5, 5.41) is 5.50. The Labute approximate surface area is 321 Å². The van der Waals surface area contributed by atoms with Gasteiger partial charge in [0.05, 0.1) is 18.6 Å². The van der Waals surface area contributed by atoms with Crippen molar-refractivity contribution in [3.63, 3.8) is 0 Å². The molecule has 15 nitrogen and oxygen atoms in total. The molecule has 296 valence electrons. The Morgan fingerprint density at radius 3 is 2.31 bits per heavy atom. The molecule has 4 aliphatic rings. The van der Waals surface area contributed by atoms with Crippen LogP contribution < -0.4 is 20.1 Å². The summed E-state index contributed by atoms with van der Waals surface area (Å²) in [6, 6.07) is 10.9. The predicted molar refractivity (Wildman–Crippen MR) is 199 cm³/mol. The summed E-state index contributed by atoms with van der Waals surface area (Å²) >= 11 is 0. The van der Waals surface area contributed by atoms with Gasteiger partial charge in [-0.1, -0.05) is 49.3 Å². The molecule has 3 heterocycles. The molecule has 0 spiro atoms. The molecule has 1 aliphatic carbocycles. The third kappa shape index (κ3) is 9.23. The Morgan fingerprint density at radius 2 is 1.65 bits per heavy atom. The van der Waals surface area contributed by atoms with Crippen molar-refractivity contribution < 1.29 is 46.6 Å². The molecule has 6 rings (SSSR count). The summed E-state index contributed by atoms with van der Waals surface area (Å²) in [5.41, 5.74) is -0.475. The summed E-state index contributed by atoms with van der Waals surface area (Å²) in [7, 11) is -2.90. The van der Waals surface area contributed by atoms with Gasteiger partial charge in [-0.2, -0.15) is 0 Å². The van der Waals surface area contributed by atoms with E-state index in [-0.39, 0.29) is 30.7 Å². The standard InChI is InChI=1S/C39H49N5O10S/c1-38(2,3)54-36(48)40-31-15-9-7-5-6-8-14-27-21-39(27,35(47)42-55(50,51)30-18-16-28(52-4)17-19-30)41-33(45)32-20-29(24-44(32)34(31)46)53-37(49)43-22-25-12-10-11-13-26(25)23-43/h8,10-14,16-19,27,29,31-32H,5-7,9,15,20-24H2,1-4H3,(H,40,48)(H,41,45)(H,42,47). The van der Waals surface area contributed by atoms with Gasteiger partial charge in [-0.15, -0.1) is 0 Å². The van der Waals surface area contributed by atoms with Crippen LogP contribution in [0.3, 0.4) is 0 Å². The van der Waals surface area contributed by atoms with Crippen molar-refractivity contribution in [3.05, 3.63) is 71.8 Å². The van der Waals surface area contributed by atoms with Crippen LogP contribution >= 0.6 is 0 Å². The van der Waals surface area contributed by atoms with Crippen LogP contribution in [0.5, 0.6) is 5.75 Å². The zero-order chi connectivity index (χ0) is 39.5. The number of allylic oxidation sites excluding steroid dienone is 1. The molecule has 5 amide bonds. The van der Waals surface area contributed by atoms with Crippen LogP contribution in [-0.2, 0) is 47.0 Å². The minimum absolute atomic E-state index is 0.0917. The van der Waals surface area contributed by atoms with E-state index in [1.807, 2.05) is 36.4 Å². The molecule has 5 unspecified atom stereocenters. The maximum atomic E-state index is 14.4. The normalized spacial score (nSPS) is 25.6. The van der Waals surface area contributed by atoms with Crippen LogP contribution in [0, 0.1) is 5.92 Å². The summed E-state index contributed by atoms with van der Waals surface area (Å²) in [6.45, 7) is 5.66. The van der Waals surface area contributed by atoms with E-state index < -0.39 is 75.2 Å². The van der Waals surface area contributed by atoms with Gasteiger partial charge in [-0.3, -0.25) is 19.3 Å². The van der Waals surface area contributed by atoms with Gasteiger partial charge in [0, 0.05) is 25.4 Å². The van der Waals surface area contributed by atoms with Gasteiger partial charge >= 0.3 is 12.2 Å². The number of amides is 5. The summed E-state index contributed by atoms with van der Waals surface area (Å²) in [4.78, 5) is 71.7. The fourth-order valence-corrected chi connectivity index (χ4v) is 8.36. The van der Waals surface area contributed by atoms with Crippen molar-refractivity contribution in [1.82, 2.24) is 25.2 Å². The quantitative estimate of drug-likeness (QED) is 0.363. The van der Waals surface area contributed by atoms with Gasteiger partial charge in [0.1, 0.15) is 35.1 Å². The van der Waals surface area contributed by atoms with E-state index in [4.69, 9.17) is 14.2 Å². The van der Waals surface area contributed by atoms with Gasteiger partial charge in [-0.25, -0.2) is 22.7 Å². The van der Waals surface area contributed by atoms with Crippen LogP contribution in [0.25, 0.3) is 0 Å². The van der Waals surface area contributed by atoms with E-state index in [1.54, 1.807) is 25.7 Å². The van der Waals surface area contributed by atoms with E-state index in [2.05, 4.69) is 15.4 Å². The van der Waals surface area contributed by atoms with E-state index in [1.165, 1.54) is 36.3 Å². The number of nitrogens with zero attached hydrogens (tertiary/aromatic N) is 2. The lowest BCUT2D eigenvalue weighted by Crippen LogP contribution is -2.58. The molecule has 3 aliphatic heterocycles. The maximum Gasteiger partial charge on any atom is 0.410 e. The minimum Gasteiger partial charge on any atom is -0.497 e. The molecule has 1 saturated carbocycles. The number of hydrogen-bond donors (Lipinski definition) is 3. The third-order valence-corrected chi connectivity index (χ3v) is 11.6. The predicted octanol–water partition coefficient (Wildman–Crippen LogP) is 3.91.